The highest BCUT2D eigenvalue weighted by molar-refractivity contribution is 7.99. The molecule has 1 aromatic carbocycles. The molecule has 0 amide bonds. The quantitative estimate of drug-likeness (QED) is 0.873. The number of benzene rings is 1. The molecule has 0 radical (unpaired) electrons. The van der Waals surface area contributed by atoms with Crippen LogP contribution >= 0.6 is 11.8 Å². The number of hydrogen-bond donors (Lipinski definition) is 1. The zero-order chi connectivity index (χ0) is 14.4. The van der Waals surface area contributed by atoms with Gasteiger partial charge >= 0.3 is 0 Å². The lowest BCUT2D eigenvalue weighted by atomic mass is 10.0. The van der Waals surface area contributed by atoms with Crippen LogP contribution in [0.3, 0.4) is 0 Å². The number of hydrogen-bond acceptors (Lipinski definition) is 3. The highest BCUT2D eigenvalue weighted by Crippen LogP contribution is 2.19. The van der Waals surface area contributed by atoms with Crippen molar-refractivity contribution in [2.24, 2.45) is 0 Å². The summed E-state index contributed by atoms with van der Waals surface area (Å²) in [6.45, 7) is 3.73. The predicted molar refractivity (Wildman–Crippen MR) is 79.2 cm³/mol. The van der Waals surface area contributed by atoms with Crippen LogP contribution in [-0.2, 0) is 11.2 Å². The maximum atomic E-state index is 13.3. The van der Waals surface area contributed by atoms with E-state index in [0.717, 1.165) is 37.1 Å². The molecule has 1 heterocycles. The van der Waals surface area contributed by atoms with Gasteiger partial charge < -0.3 is 10.1 Å². The lowest BCUT2D eigenvalue weighted by Crippen LogP contribution is -2.46. The van der Waals surface area contributed by atoms with Crippen molar-refractivity contribution >= 4 is 11.8 Å². The Morgan fingerprint density at radius 2 is 2.10 bits per heavy atom. The molecule has 1 fully saturated rings. The van der Waals surface area contributed by atoms with Gasteiger partial charge in [-0.1, -0.05) is 6.92 Å². The summed E-state index contributed by atoms with van der Waals surface area (Å²) in [6, 6.07) is 3.81. The van der Waals surface area contributed by atoms with E-state index in [1.165, 1.54) is 12.1 Å². The first-order chi connectivity index (χ1) is 9.69. The smallest absolute Gasteiger partial charge is 0.126 e. The molecule has 0 bridgehead atoms. The second-order valence-corrected chi connectivity index (χ2v) is 6.18. The number of halogens is 2. The zero-order valence-corrected chi connectivity index (χ0v) is 12.5. The maximum absolute atomic E-state index is 13.3. The van der Waals surface area contributed by atoms with E-state index in [1.807, 2.05) is 11.8 Å². The van der Waals surface area contributed by atoms with Crippen molar-refractivity contribution in [3.63, 3.8) is 0 Å². The third kappa shape index (κ3) is 4.72. The second-order valence-electron chi connectivity index (χ2n) is 5.03. The van der Waals surface area contributed by atoms with E-state index in [1.54, 1.807) is 0 Å². The minimum Gasteiger partial charge on any atom is -0.375 e. The van der Waals surface area contributed by atoms with Crippen LogP contribution in [0, 0.1) is 11.6 Å². The van der Waals surface area contributed by atoms with Gasteiger partial charge in [0.2, 0.25) is 0 Å². The molecule has 5 heteroatoms. The Balaban J connectivity index is 2.05. The number of rotatable bonds is 6. The summed E-state index contributed by atoms with van der Waals surface area (Å²) >= 11 is 1.87. The molecule has 1 aliphatic rings. The van der Waals surface area contributed by atoms with Crippen LogP contribution in [0.2, 0.25) is 0 Å². The van der Waals surface area contributed by atoms with Crippen LogP contribution in [0.15, 0.2) is 18.2 Å². The molecule has 2 unspecified atom stereocenters. The first-order valence-corrected chi connectivity index (χ1v) is 8.22. The van der Waals surface area contributed by atoms with E-state index in [4.69, 9.17) is 4.74 Å². The first kappa shape index (κ1) is 15.7. The van der Waals surface area contributed by atoms with Crippen LogP contribution in [0.1, 0.15) is 18.9 Å². The summed E-state index contributed by atoms with van der Waals surface area (Å²) < 4.78 is 32.4. The predicted octanol–water partition coefficient (Wildman–Crippen LogP) is 3.01. The molecular weight excluding hydrogens is 280 g/mol. The van der Waals surface area contributed by atoms with Gasteiger partial charge in [0.15, 0.2) is 0 Å². The van der Waals surface area contributed by atoms with Crippen LogP contribution < -0.4 is 5.32 Å². The van der Waals surface area contributed by atoms with Crippen molar-refractivity contribution in [1.29, 1.82) is 0 Å². The number of nitrogens with one attached hydrogen (secondary N) is 1. The van der Waals surface area contributed by atoms with Gasteiger partial charge in [-0.15, -0.1) is 0 Å². The van der Waals surface area contributed by atoms with E-state index in [0.29, 0.717) is 12.0 Å². The topological polar surface area (TPSA) is 21.3 Å². The monoisotopic (exact) mass is 301 g/mol. The Hall–Kier alpha value is -0.650. The maximum Gasteiger partial charge on any atom is 0.126 e. The van der Waals surface area contributed by atoms with Gasteiger partial charge in [0.25, 0.3) is 0 Å². The first-order valence-electron chi connectivity index (χ1n) is 7.06. The Morgan fingerprint density at radius 1 is 1.35 bits per heavy atom. The van der Waals surface area contributed by atoms with Crippen molar-refractivity contribution in [2.45, 2.75) is 31.9 Å². The standard InChI is InChI=1S/C15H21F2NOS/c1-2-3-18-14(15-10-20-5-4-19-15)8-11-6-12(16)9-13(17)7-11/h6-7,9,14-15,18H,2-5,8,10H2,1H3. The molecule has 1 saturated heterocycles. The molecule has 2 rings (SSSR count). The normalized spacial score (nSPS) is 20.9. The minimum absolute atomic E-state index is 0.101. The van der Waals surface area contributed by atoms with E-state index in [9.17, 15) is 8.78 Å². The summed E-state index contributed by atoms with van der Waals surface area (Å²) in [6.07, 6.45) is 1.71. The van der Waals surface area contributed by atoms with Crippen molar-refractivity contribution in [3.05, 3.63) is 35.4 Å². The molecular formula is C15H21F2NOS. The van der Waals surface area contributed by atoms with Gasteiger partial charge in [-0.25, -0.2) is 8.78 Å². The fraction of sp³-hybridized carbons (Fsp3) is 0.600. The Morgan fingerprint density at radius 3 is 2.70 bits per heavy atom. The molecule has 1 aromatic rings. The minimum atomic E-state index is -0.520. The molecule has 2 atom stereocenters. The van der Waals surface area contributed by atoms with E-state index >= 15 is 0 Å². The van der Waals surface area contributed by atoms with E-state index in [2.05, 4.69) is 12.2 Å². The van der Waals surface area contributed by atoms with Gasteiger partial charge in [-0.3, -0.25) is 0 Å². The summed E-state index contributed by atoms with van der Waals surface area (Å²) in [5, 5.41) is 3.44. The van der Waals surface area contributed by atoms with Crippen LogP contribution in [0.25, 0.3) is 0 Å². The van der Waals surface area contributed by atoms with Crippen LogP contribution in [-0.4, -0.2) is 36.8 Å². The van der Waals surface area contributed by atoms with Crippen molar-refractivity contribution in [1.82, 2.24) is 5.32 Å². The molecule has 0 spiro atoms. The molecule has 20 heavy (non-hydrogen) atoms. The summed E-state index contributed by atoms with van der Waals surface area (Å²) in [5.74, 6) is 0.909. The van der Waals surface area contributed by atoms with Gasteiger partial charge in [0, 0.05) is 23.6 Å². The molecule has 0 aromatic heterocycles. The Labute approximate surface area is 123 Å². The highest BCUT2D eigenvalue weighted by Gasteiger charge is 2.24. The lowest BCUT2D eigenvalue weighted by molar-refractivity contribution is 0.0471. The Bertz CT molecular complexity index is 404. The summed E-state index contributed by atoms with van der Waals surface area (Å²) in [7, 11) is 0. The molecule has 1 aliphatic heterocycles. The lowest BCUT2D eigenvalue weighted by Gasteiger charge is -2.31. The second kappa shape index (κ2) is 7.96. The fourth-order valence-corrected chi connectivity index (χ4v) is 3.33. The van der Waals surface area contributed by atoms with Crippen molar-refractivity contribution in [3.8, 4) is 0 Å². The average Bonchev–Trinajstić information content (AvgIpc) is 2.43. The fourth-order valence-electron chi connectivity index (χ4n) is 2.39. The molecule has 2 nitrogen and oxygen atoms in total. The van der Waals surface area contributed by atoms with Crippen LogP contribution in [0.4, 0.5) is 8.78 Å². The van der Waals surface area contributed by atoms with Gasteiger partial charge in [-0.05, 0) is 37.1 Å². The molecule has 1 N–H and O–H groups in total. The third-order valence-corrected chi connectivity index (χ3v) is 4.34. The van der Waals surface area contributed by atoms with Crippen molar-refractivity contribution in [2.75, 3.05) is 24.7 Å². The third-order valence-electron chi connectivity index (χ3n) is 3.32. The Kier molecular flexibility index (Phi) is 6.26. The SMILES string of the molecule is CCCNC(Cc1cc(F)cc(F)c1)C1CSCCO1. The molecule has 112 valence electrons. The average molecular weight is 301 g/mol. The highest BCUT2D eigenvalue weighted by atomic mass is 32.2. The van der Waals surface area contributed by atoms with Crippen LogP contribution in [0.5, 0.6) is 0 Å². The van der Waals surface area contributed by atoms with Gasteiger partial charge in [0.1, 0.15) is 11.6 Å². The van der Waals surface area contributed by atoms with Crippen molar-refractivity contribution < 1.29 is 13.5 Å². The summed E-state index contributed by atoms with van der Waals surface area (Å²) in [4.78, 5) is 0. The molecule has 0 saturated carbocycles. The number of thioether (sulfide) groups is 1. The van der Waals surface area contributed by atoms with Gasteiger partial charge in [0.05, 0.1) is 12.7 Å². The van der Waals surface area contributed by atoms with E-state index < -0.39 is 11.6 Å². The largest absolute Gasteiger partial charge is 0.375 e. The number of ether oxygens (including phenoxy) is 1. The summed E-state index contributed by atoms with van der Waals surface area (Å²) in [5.41, 5.74) is 0.676. The van der Waals surface area contributed by atoms with Gasteiger partial charge in [-0.2, -0.15) is 11.8 Å². The van der Waals surface area contributed by atoms with E-state index in [-0.39, 0.29) is 12.1 Å². The molecule has 0 aliphatic carbocycles. The zero-order valence-electron chi connectivity index (χ0n) is 11.7.